The van der Waals surface area contributed by atoms with Crippen LogP contribution in [0.2, 0.25) is 0 Å². The Kier molecular flexibility index (Phi) is 7.19. The summed E-state index contributed by atoms with van der Waals surface area (Å²) in [4.78, 5) is 14.0. The van der Waals surface area contributed by atoms with Gasteiger partial charge >= 0.3 is 5.97 Å². The predicted octanol–water partition coefficient (Wildman–Crippen LogP) is 6.56. The molecule has 1 N–H and O–H groups in total. The first-order valence-corrected chi connectivity index (χ1v) is 13.0. The van der Waals surface area contributed by atoms with Crippen LogP contribution in [-0.2, 0) is 30.8 Å². The van der Waals surface area contributed by atoms with Crippen LogP contribution < -0.4 is 4.74 Å². The molecule has 5 rings (SSSR count). The van der Waals surface area contributed by atoms with E-state index in [1.807, 2.05) is 6.07 Å². The Hall–Kier alpha value is -3.11. The van der Waals surface area contributed by atoms with Gasteiger partial charge in [-0.3, -0.25) is 9.69 Å². The van der Waals surface area contributed by atoms with Crippen LogP contribution in [0.3, 0.4) is 0 Å². The molecular formula is C31H35NO3. The van der Waals surface area contributed by atoms with Gasteiger partial charge in [0, 0.05) is 6.54 Å². The Labute approximate surface area is 208 Å². The van der Waals surface area contributed by atoms with E-state index in [4.69, 9.17) is 4.74 Å². The normalized spacial score (nSPS) is 18.1. The minimum absolute atomic E-state index is 0.362. The van der Waals surface area contributed by atoms with Gasteiger partial charge in [0.05, 0.1) is 0 Å². The highest BCUT2D eigenvalue weighted by atomic mass is 16.5. The molecular weight excluding hydrogens is 434 g/mol. The summed E-state index contributed by atoms with van der Waals surface area (Å²) < 4.78 is 6.46. The third-order valence-electron chi connectivity index (χ3n) is 7.77. The van der Waals surface area contributed by atoms with Crippen LogP contribution >= 0.6 is 0 Å². The van der Waals surface area contributed by atoms with Crippen molar-refractivity contribution in [3.63, 3.8) is 0 Å². The Bertz CT molecular complexity index is 1190. The van der Waals surface area contributed by atoms with Crippen LogP contribution in [0.1, 0.15) is 59.9 Å². The minimum atomic E-state index is -0.688. The molecule has 0 spiro atoms. The Morgan fingerprint density at radius 2 is 1.71 bits per heavy atom. The zero-order chi connectivity index (χ0) is 24.2. The lowest BCUT2D eigenvalue weighted by molar-refractivity contribution is -0.144. The fourth-order valence-corrected chi connectivity index (χ4v) is 5.80. The molecule has 35 heavy (non-hydrogen) atoms. The average molecular weight is 470 g/mol. The van der Waals surface area contributed by atoms with Crippen molar-refractivity contribution in [1.82, 2.24) is 4.90 Å². The molecule has 4 nitrogen and oxygen atoms in total. The summed E-state index contributed by atoms with van der Waals surface area (Å²) in [5.41, 5.74) is 8.94. The zero-order valence-electron chi connectivity index (χ0n) is 20.6. The van der Waals surface area contributed by atoms with E-state index >= 15 is 0 Å². The fraction of sp³-hybridized carbons (Fsp3) is 0.387. The van der Waals surface area contributed by atoms with E-state index in [1.54, 1.807) is 0 Å². The maximum Gasteiger partial charge on any atom is 0.320 e. The second-order valence-electron chi connectivity index (χ2n) is 9.95. The molecule has 1 atom stereocenters. The molecule has 1 saturated heterocycles. The van der Waals surface area contributed by atoms with Crippen molar-refractivity contribution in [1.29, 1.82) is 0 Å². The molecule has 0 radical (unpaired) electrons. The van der Waals surface area contributed by atoms with Crippen molar-refractivity contribution in [2.45, 2.75) is 71.1 Å². The maximum absolute atomic E-state index is 11.8. The number of ether oxygens (including phenoxy) is 1. The van der Waals surface area contributed by atoms with Gasteiger partial charge in [0.15, 0.2) is 0 Å². The number of hydrogen-bond acceptors (Lipinski definition) is 3. The number of hydrogen-bond donors (Lipinski definition) is 1. The first-order valence-electron chi connectivity index (χ1n) is 13.0. The van der Waals surface area contributed by atoms with Gasteiger partial charge in [-0.1, -0.05) is 61.0 Å². The van der Waals surface area contributed by atoms with Crippen molar-refractivity contribution in [2.24, 2.45) is 0 Å². The van der Waals surface area contributed by atoms with Crippen LogP contribution in [0.15, 0.2) is 60.7 Å². The first kappa shape index (κ1) is 23.6. The summed E-state index contributed by atoms with van der Waals surface area (Å²) in [6.07, 6.45) is 7.28. The van der Waals surface area contributed by atoms with E-state index in [1.165, 1.54) is 51.8 Å². The maximum atomic E-state index is 11.8. The van der Waals surface area contributed by atoms with Crippen LogP contribution in [0, 0.1) is 6.92 Å². The van der Waals surface area contributed by atoms with Crippen molar-refractivity contribution in [2.75, 3.05) is 6.54 Å². The Morgan fingerprint density at radius 3 is 2.51 bits per heavy atom. The molecule has 0 bridgehead atoms. The molecule has 1 aliphatic carbocycles. The Morgan fingerprint density at radius 1 is 0.914 bits per heavy atom. The summed E-state index contributed by atoms with van der Waals surface area (Å²) in [6, 6.07) is 20.9. The Balaban J connectivity index is 1.37. The number of nitrogens with zero attached hydrogens (tertiary/aromatic N) is 1. The standard InChI is InChI=1S/C31H35NO3/c1-22-25(12-9-15-26(22)23-10-3-2-4-11-23)21-35-30-18-17-24(27-13-5-6-14-28(27)30)20-32-19-8-7-16-29(32)31(33)34/h2-4,9-12,15,17-18,29H,5-8,13-14,16,19-21H2,1H3,(H,33,34)/t29-/m0/s1. The van der Waals surface area contributed by atoms with Gasteiger partial charge in [-0.05, 0) is 97.0 Å². The lowest BCUT2D eigenvalue weighted by Crippen LogP contribution is -2.44. The van der Waals surface area contributed by atoms with Crippen molar-refractivity contribution >= 4 is 5.97 Å². The second kappa shape index (κ2) is 10.7. The number of carboxylic acid groups (broad SMARTS) is 1. The molecule has 182 valence electrons. The quantitative estimate of drug-likeness (QED) is 0.426. The number of likely N-dealkylation sites (tertiary alicyclic amines) is 1. The van der Waals surface area contributed by atoms with E-state index in [-0.39, 0.29) is 6.04 Å². The smallest absolute Gasteiger partial charge is 0.320 e. The molecule has 3 aromatic carbocycles. The molecule has 1 heterocycles. The molecule has 0 amide bonds. The summed E-state index contributed by atoms with van der Waals surface area (Å²) >= 11 is 0. The lowest BCUT2D eigenvalue weighted by Gasteiger charge is -2.34. The second-order valence-corrected chi connectivity index (χ2v) is 9.95. The molecule has 0 aromatic heterocycles. The molecule has 1 fully saturated rings. The molecule has 0 unspecified atom stereocenters. The number of rotatable bonds is 7. The number of benzene rings is 3. The summed E-state index contributed by atoms with van der Waals surface area (Å²) in [5, 5.41) is 9.70. The molecule has 2 aliphatic rings. The van der Waals surface area contributed by atoms with Crippen LogP contribution in [0.25, 0.3) is 11.1 Å². The van der Waals surface area contributed by atoms with Gasteiger partial charge in [0.1, 0.15) is 18.4 Å². The van der Waals surface area contributed by atoms with E-state index in [0.29, 0.717) is 6.61 Å². The van der Waals surface area contributed by atoms with Gasteiger partial charge in [0.2, 0.25) is 0 Å². The SMILES string of the molecule is Cc1c(COc2ccc(CN3CCCC[C@H]3C(=O)O)c3c2CCCC3)cccc1-c1ccccc1. The number of piperidine rings is 1. The highest BCUT2D eigenvalue weighted by molar-refractivity contribution is 5.73. The number of carboxylic acids is 1. The van der Waals surface area contributed by atoms with Crippen molar-refractivity contribution in [3.8, 4) is 16.9 Å². The first-order chi connectivity index (χ1) is 17.1. The summed E-state index contributed by atoms with van der Waals surface area (Å²) in [7, 11) is 0. The summed E-state index contributed by atoms with van der Waals surface area (Å²) in [5.74, 6) is 0.299. The number of aliphatic carboxylic acids is 1. The third-order valence-corrected chi connectivity index (χ3v) is 7.77. The van der Waals surface area contributed by atoms with E-state index < -0.39 is 5.97 Å². The molecule has 1 aliphatic heterocycles. The minimum Gasteiger partial charge on any atom is -0.489 e. The molecule has 0 saturated carbocycles. The van der Waals surface area contributed by atoms with Gasteiger partial charge in [-0.15, -0.1) is 0 Å². The monoisotopic (exact) mass is 469 g/mol. The van der Waals surface area contributed by atoms with Crippen LogP contribution in [0.5, 0.6) is 5.75 Å². The molecule has 3 aromatic rings. The van der Waals surface area contributed by atoms with E-state index in [9.17, 15) is 9.90 Å². The lowest BCUT2D eigenvalue weighted by atomic mass is 9.87. The molecule has 4 heteroatoms. The van der Waals surface area contributed by atoms with Crippen LogP contribution in [-0.4, -0.2) is 28.6 Å². The summed E-state index contributed by atoms with van der Waals surface area (Å²) in [6.45, 7) is 4.31. The van der Waals surface area contributed by atoms with Gasteiger partial charge in [-0.2, -0.15) is 0 Å². The average Bonchev–Trinajstić information content (AvgIpc) is 2.89. The van der Waals surface area contributed by atoms with Crippen LogP contribution in [0.4, 0.5) is 0 Å². The van der Waals surface area contributed by atoms with Crippen molar-refractivity contribution in [3.05, 3.63) is 88.5 Å². The number of carbonyl (C=O) groups is 1. The van der Waals surface area contributed by atoms with E-state index in [2.05, 4.69) is 66.4 Å². The largest absolute Gasteiger partial charge is 0.489 e. The van der Waals surface area contributed by atoms with Gasteiger partial charge in [-0.25, -0.2) is 0 Å². The van der Waals surface area contributed by atoms with Gasteiger partial charge in [0.25, 0.3) is 0 Å². The predicted molar refractivity (Wildman–Crippen MR) is 140 cm³/mol. The van der Waals surface area contributed by atoms with Crippen molar-refractivity contribution < 1.29 is 14.6 Å². The number of fused-ring (bicyclic) bond motifs is 1. The third kappa shape index (κ3) is 5.13. The highest BCUT2D eigenvalue weighted by Gasteiger charge is 2.29. The van der Waals surface area contributed by atoms with E-state index in [0.717, 1.165) is 50.9 Å². The highest BCUT2D eigenvalue weighted by Crippen LogP contribution is 2.35. The fourth-order valence-electron chi connectivity index (χ4n) is 5.80. The van der Waals surface area contributed by atoms with Gasteiger partial charge < -0.3 is 9.84 Å². The topological polar surface area (TPSA) is 49.8 Å². The zero-order valence-corrected chi connectivity index (χ0v) is 20.6.